The Labute approximate surface area is 119 Å². The fraction of sp³-hybridized carbons (Fsp3) is 0.143. The third-order valence-electron chi connectivity index (χ3n) is 2.61. The van der Waals surface area contributed by atoms with Gasteiger partial charge in [0.15, 0.2) is 0 Å². The van der Waals surface area contributed by atoms with Crippen molar-refractivity contribution in [3.63, 3.8) is 0 Å². The van der Waals surface area contributed by atoms with Gasteiger partial charge >= 0.3 is 5.97 Å². The lowest BCUT2D eigenvalue weighted by Gasteiger charge is -2.10. The van der Waals surface area contributed by atoms with Crippen molar-refractivity contribution >= 4 is 23.0 Å². The first-order valence-corrected chi connectivity index (χ1v) is 6.56. The molecule has 0 radical (unpaired) electrons. The molecule has 2 rings (SSSR count). The molecule has 1 aromatic carbocycles. The third-order valence-corrected chi connectivity index (χ3v) is 3.60. The van der Waals surface area contributed by atoms with Gasteiger partial charge in [0.1, 0.15) is 16.8 Å². The second-order valence-corrected chi connectivity index (χ2v) is 5.08. The van der Waals surface area contributed by atoms with Crippen LogP contribution >= 0.6 is 11.3 Å². The molecule has 20 heavy (non-hydrogen) atoms. The van der Waals surface area contributed by atoms with E-state index in [2.05, 4.69) is 16.1 Å². The molecule has 0 saturated heterocycles. The molecular formula is C14H11FN2O2S. The average molecular weight is 290 g/mol. The molecule has 6 heteroatoms. The van der Waals surface area contributed by atoms with Gasteiger partial charge in [-0.3, -0.25) is 0 Å². The van der Waals surface area contributed by atoms with Crippen LogP contribution in [0.25, 0.3) is 0 Å². The van der Waals surface area contributed by atoms with E-state index in [-0.39, 0.29) is 5.56 Å². The van der Waals surface area contributed by atoms with Gasteiger partial charge in [0.25, 0.3) is 0 Å². The van der Waals surface area contributed by atoms with Crippen LogP contribution < -0.4 is 5.32 Å². The molecule has 0 bridgehead atoms. The zero-order valence-electron chi connectivity index (χ0n) is 10.6. The summed E-state index contributed by atoms with van der Waals surface area (Å²) in [6.45, 7) is 0.403. The monoisotopic (exact) mass is 290 g/mol. The molecule has 0 fully saturated rings. The van der Waals surface area contributed by atoms with E-state index in [1.165, 1.54) is 36.6 Å². The Kier molecular flexibility index (Phi) is 4.33. The zero-order valence-corrected chi connectivity index (χ0v) is 11.5. The van der Waals surface area contributed by atoms with Crippen LogP contribution in [0.2, 0.25) is 0 Å². The maximum Gasteiger partial charge on any atom is 0.339 e. The molecule has 0 aliphatic heterocycles. The van der Waals surface area contributed by atoms with Gasteiger partial charge in [-0.1, -0.05) is 0 Å². The number of rotatable bonds is 4. The van der Waals surface area contributed by atoms with Gasteiger partial charge < -0.3 is 10.1 Å². The maximum absolute atomic E-state index is 13.3. The minimum absolute atomic E-state index is 0.269. The first-order chi connectivity index (χ1) is 9.63. The van der Waals surface area contributed by atoms with Crippen LogP contribution in [-0.4, -0.2) is 13.1 Å². The van der Waals surface area contributed by atoms with E-state index in [4.69, 9.17) is 5.26 Å². The molecule has 4 nitrogen and oxygen atoms in total. The number of nitrogens with one attached hydrogen (secondary N) is 1. The molecule has 2 aromatic rings. The summed E-state index contributed by atoms with van der Waals surface area (Å²) in [5.41, 5.74) is 0.634. The van der Waals surface area contributed by atoms with Gasteiger partial charge in [0.2, 0.25) is 0 Å². The number of carbonyl (C=O) groups excluding carboxylic acids is 1. The first kappa shape index (κ1) is 14.0. The SMILES string of the molecule is COC(=O)c1ccc(F)cc1NCc1ccc(C#N)s1. The van der Waals surface area contributed by atoms with E-state index >= 15 is 0 Å². The van der Waals surface area contributed by atoms with E-state index in [1.54, 1.807) is 6.07 Å². The standard InChI is InChI=1S/C14H11FN2O2S/c1-19-14(18)12-5-2-9(15)6-13(12)17-8-11-4-3-10(7-16)20-11/h2-6,17H,8H2,1H3. The summed E-state index contributed by atoms with van der Waals surface area (Å²) in [6, 6.07) is 9.40. The van der Waals surface area contributed by atoms with E-state index in [0.29, 0.717) is 17.1 Å². The van der Waals surface area contributed by atoms with Crippen molar-refractivity contribution in [2.45, 2.75) is 6.54 Å². The molecule has 0 spiro atoms. The molecule has 0 atom stereocenters. The molecule has 0 unspecified atom stereocenters. The molecule has 1 aromatic heterocycles. The summed E-state index contributed by atoms with van der Waals surface area (Å²) in [7, 11) is 1.27. The number of thiophene rings is 1. The molecule has 0 aliphatic carbocycles. The van der Waals surface area contributed by atoms with Crippen LogP contribution in [0.4, 0.5) is 10.1 Å². The van der Waals surface area contributed by atoms with Crippen LogP contribution in [0.5, 0.6) is 0 Å². The van der Waals surface area contributed by atoms with Gasteiger partial charge in [-0.05, 0) is 30.3 Å². The number of benzene rings is 1. The average Bonchev–Trinajstić information content (AvgIpc) is 2.92. The van der Waals surface area contributed by atoms with Crippen molar-refractivity contribution in [3.8, 4) is 6.07 Å². The smallest absolute Gasteiger partial charge is 0.339 e. The Balaban J connectivity index is 2.18. The Morgan fingerprint density at radius 2 is 2.25 bits per heavy atom. The van der Waals surface area contributed by atoms with Crippen molar-refractivity contribution in [1.82, 2.24) is 0 Å². The summed E-state index contributed by atoms with van der Waals surface area (Å²) in [6.07, 6.45) is 0. The van der Waals surface area contributed by atoms with Crippen LogP contribution in [-0.2, 0) is 11.3 Å². The van der Waals surface area contributed by atoms with E-state index in [9.17, 15) is 9.18 Å². The third kappa shape index (κ3) is 3.13. The number of ether oxygens (including phenoxy) is 1. The number of nitrogens with zero attached hydrogens (tertiary/aromatic N) is 1. The number of hydrogen-bond acceptors (Lipinski definition) is 5. The number of carbonyl (C=O) groups is 1. The Bertz CT molecular complexity index is 676. The highest BCUT2D eigenvalue weighted by Gasteiger charge is 2.12. The molecule has 102 valence electrons. The number of anilines is 1. The van der Waals surface area contributed by atoms with E-state index in [0.717, 1.165) is 4.88 Å². The topological polar surface area (TPSA) is 62.1 Å². The highest BCUT2D eigenvalue weighted by atomic mass is 32.1. The normalized spacial score (nSPS) is 9.85. The minimum atomic E-state index is -0.531. The second-order valence-electron chi connectivity index (χ2n) is 3.91. The lowest BCUT2D eigenvalue weighted by Crippen LogP contribution is -2.08. The summed E-state index contributed by atoms with van der Waals surface area (Å²) >= 11 is 1.34. The molecule has 1 N–H and O–H groups in total. The number of esters is 1. The van der Waals surface area contributed by atoms with Crippen molar-refractivity contribution in [3.05, 3.63) is 51.5 Å². The zero-order chi connectivity index (χ0) is 14.5. The summed E-state index contributed by atoms with van der Waals surface area (Å²) in [5, 5.41) is 11.7. The van der Waals surface area contributed by atoms with Gasteiger partial charge in [0.05, 0.1) is 18.4 Å². The Hall–Kier alpha value is -2.39. The van der Waals surface area contributed by atoms with Crippen molar-refractivity contribution in [1.29, 1.82) is 5.26 Å². The molecule has 0 aliphatic rings. The molecule has 0 saturated carbocycles. The highest BCUT2D eigenvalue weighted by Crippen LogP contribution is 2.21. The Morgan fingerprint density at radius 1 is 1.45 bits per heavy atom. The van der Waals surface area contributed by atoms with Crippen LogP contribution in [0, 0.1) is 17.1 Å². The molecular weight excluding hydrogens is 279 g/mol. The predicted molar refractivity (Wildman–Crippen MR) is 74.1 cm³/mol. The lowest BCUT2D eigenvalue weighted by atomic mass is 10.1. The summed E-state index contributed by atoms with van der Waals surface area (Å²) < 4.78 is 17.9. The van der Waals surface area contributed by atoms with Gasteiger partial charge in [-0.15, -0.1) is 11.3 Å². The number of nitriles is 1. The van der Waals surface area contributed by atoms with Crippen molar-refractivity contribution in [2.24, 2.45) is 0 Å². The van der Waals surface area contributed by atoms with E-state index < -0.39 is 11.8 Å². The molecule has 1 heterocycles. The quantitative estimate of drug-likeness (QED) is 0.879. The molecule has 0 amide bonds. The number of methoxy groups -OCH3 is 1. The van der Waals surface area contributed by atoms with E-state index in [1.807, 2.05) is 6.07 Å². The fourth-order valence-electron chi connectivity index (χ4n) is 1.67. The summed E-state index contributed by atoms with van der Waals surface area (Å²) in [5.74, 6) is -0.972. The van der Waals surface area contributed by atoms with Crippen molar-refractivity contribution in [2.75, 3.05) is 12.4 Å². The van der Waals surface area contributed by atoms with Gasteiger partial charge in [-0.2, -0.15) is 5.26 Å². The van der Waals surface area contributed by atoms with Crippen molar-refractivity contribution < 1.29 is 13.9 Å². The van der Waals surface area contributed by atoms with Crippen LogP contribution in [0.15, 0.2) is 30.3 Å². The second kappa shape index (κ2) is 6.17. The number of hydrogen-bond donors (Lipinski definition) is 1. The van der Waals surface area contributed by atoms with Crippen LogP contribution in [0.1, 0.15) is 20.1 Å². The lowest BCUT2D eigenvalue weighted by molar-refractivity contribution is 0.0602. The summed E-state index contributed by atoms with van der Waals surface area (Å²) in [4.78, 5) is 13.1. The van der Waals surface area contributed by atoms with Crippen LogP contribution in [0.3, 0.4) is 0 Å². The fourth-order valence-corrected chi connectivity index (χ4v) is 2.41. The Morgan fingerprint density at radius 3 is 2.90 bits per heavy atom. The first-order valence-electron chi connectivity index (χ1n) is 5.74. The van der Waals surface area contributed by atoms with Gasteiger partial charge in [0, 0.05) is 11.4 Å². The minimum Gasteiger partial charge on any atom is -0.465 e. The highest BCUT2D eigenvalue weighted by molar-refractivity contribution is 7.12. The number of halogens is 1. The largest absolute Gasteiger partial charge is 0.465 e. The van der Waals surface area contributed by atoms with Gasteiger partial charge in [-0.25, -0.2) is 9.18 Å². The maximum atomic E-state index is 13.3. The predicted octanol–water partition coefficient (Wildman–Crippen LogP) is 3.16.